The molecule has 1 saturated heterocycles. The molecule has 1 aliphatic heterocycles. The van der Waals surface area contributed by atoms with E-state index in [0.717, 1.165) is 12.8 Å². The van der Waals surface area contributed by atoms with Crippen LogP contribution in [0.2, 0.25) is 0 Å². The highest BCUT2D eigenvalue weighted by atomic mass is 32.2. The zero-order valence-electron chi connectivity index (χ0n) is 9.46. The Morgan fingerprint density at radius 1 is 1.41 bits per heavy atom. The number of rotatable bonds is 6. The largest absolute Gasteiger partial charge is 0.481 e. The molecule has 1 aliphatic rings. The van der Waals surface area contributed by atoms with Crippen LogP contribution >= 0.6 is 11.8 Å². The van der Waals surface area contributed by atoms with Crippen molar-refractivity contribution in [2.75, 3.05) is 5.75 Å². The highest BCUT2D eigenvalue weighted by Gasteiger charge is 2.35. The number of aliphatic carboxylic acids is 1. The molecule has 17 heavy (non-hydrogen) atoms. The summed E-state index contributed by atoms with van der Waals surface area (Å²) >= 11 is 1.59. The molecule has 0 aromatic heterocycles. The van der Waals surface area contributed by atoms with E-state index in [4.69, 9.17) is 10.8 Å². The Bertz CT molecular complexity index is 287. The summed E-state index contributed by atoms with van der Waals surface area (Å²) in [7, 11) is 0. The Hall–Kier alpha value is -0.950. The van der Waals surface area contributed by atoms with Gasteiger partial charge >= 0.3 is 12.0 Å². The van der Waals surface area contributed by atoms with E-state index in [1.807, 2.05) is 0 Å². The number of primary amides is 1. The summed E-state index contributed by atoms with van der Waals surface area (Å²) < 4.78 is 0. The molecule has 0 aliphatic carbocycles. The molecule has 0 spiro atoms. The van der Waals surface area contributed by atoms with Crippen molar-refractivity contribution in [2.45, 2.75) is 43.1 Å². The number of hydrogen-bond donors (Lipinski definition) is 4. The third kappa shape index (κ3) is 4.82. The fourth-order valence-corrected chi connectivity index (χ4v) is 3.32. The number of carboxylic acid groups (broad SMARTS) is 1. The zero-order valence-corrected chi connectivity index (χ0v) is 10.3. The van der Waals surface area contributed by atoms with Crippen LogP contribution < -0.4 is 11.1 Å². The molecule has 98 valence electrons. The van der Waals surface area contributed by atoms with Gasteiger partial charge < -0.3 is 21.3 Å². The predicted octanol–water partition coefficient (Wildman–Crippen LogP) is 0.145. The van der Waals surface area contributed by atoms with Gasteiger partial charge in [-0.05, 0) is 12.8 Å². The van der Waals surface area contributed by atoms with Crippen molar-refractivity contribution in [3.8, 4) is 0 Å². The van der Waals surface area contributed by atoms with Gasteiger partial charge in [0.05, 0.1) is 12.1 Å². The maximum Gasteiger partial charge on any atom is 0.312 e. The SMILES string of the molecule is NC(=O)N[C@@H]1CS[C@@H](CCCCC(=O)O)[C@@H]1O. The molecule has 6 nitrogen and oxygen atoms in total. The first-order chi connectivity index (χ1) is 8.00. The fraction of sp³-hybridized carbons (Fsp3) is 0.800. The Morgan fingerprint density at radius 3 is 2.71 bits per heavy atom. The molecule has 0 bridgehead atoms. The molecule has 0 aromatic rings. The molecule has 0 aromatic carbocycles. The second-order valence-corrected chi connectivity index (χ2v) is 5.39. The minimum Gasteiger partial charge on any atom is -0.481 e. The smallest absolute Gasteiger partial charge is 0.312 e. The number of nitrogens with one attached hydrogen (secondary N) is 1. The Labute approximate surface area is 104 Å². The third-order valence-corrected chi connectivity index (χ3v) is 4.23. The van der Waals surface area contributed by atoms with Gasteiger partial charge in [0.25, 0.3) is 0 Å². The molecule has 7 heteroatoms. The average Bonchev–Trinajstić information content (AvgIpc) is 2.55. The van der Waals surface area contributed by atoms with E-state index in [-0.39, 0.29) is 17.7 Å². The van der Waals surface area contributed by atoms with Crippen LogP contribution in [0.15, 0.2) is 0 Å². The first kappa shape index (κ1) is 14.1. The number of carbonyl (C=O) groups excluding carboxylic acids is 1. The van der Waals surface area contributed by atoms with Crippen LogP contribution in [0.25, 0.3) is 0 Å². The lowest BCUT2D eigenvalue weighted by atomic mass is 10.0. The summed E-state index contributed by atoms with van der Waals surface area (Å²) in [6.07, 6.45) is 1.71. The summed E-state index contributed by atoms with van der Waals surface area (Å²) in [5, 5.41) is 20.9. The van der Waals surface area contributed by atoms with E-state index in [9.17, 15) is 14.7 Å². The highest BCUT2D eigenvalue weighted by Crippen LogP contribution is 2.31. The van der Waals surface area contributed by atoms with Gasteiger partial charge in [-0.15, -0.1) is 0 Å². The molecule has 1 rings (SSSR count). The van der Waals surface area contributed by atoms with Gasteiger partial charge in [-0.1, -0.05) is 6.42 Å². The van der Waals surface area contributed by atoms with E-state index in [1.54, 1.807) is 11.8 Å². The van der Waals surface area contributed by atoms with Crippen molar-refractivity contribution in [3.05, 3.63) is 0 Å². The average molecular weight is 262 g/mol. The first-order valence-corrected chi connectivity index (χ1v) is 6.63. The topological polar surface area (TPSA) is 113 Å². The lowest BCUT2D eigenvalue weighted by Crippen LogP contribution is -2.46. The van der Waals surface area contributed by atoms with Crippen molar-refractivity contribution in [2.24, 2.45) is 5.73 Å². The van der Waals surface area contributed by atoms with E-state index in [2.05, 4.69) is 5.32 Å². The van der Waals surface area contributed by atoms with Gasteiger partial charge in [0, 0.05) is 17.4 Å². The number of unbranched alkanes of at least 4 members (excludes halogenated alkanes) is 1. The summed E-state index contributed by atoms with van der Waals surface area (Å²) in [6.45, 7) is 0. The van der Waals surface area contributed by atoms with E-state index in [0.29, 0.717) is 12.2 Å². The molecular formula is C10H18N2O4S. The van der Waals surface area contributed by atoms with E-state index >= 15 is 0 Å². The predicted molar refractivity (Wildman–Crippen MR) is 64.9 cm³/mol. The van der Waals surface area contributed by atoms with Gasteiger partial charge in [-0.25, -0.2) is 4.79 Å². The Kier molecular flexibility index (Phi) is 5.57. The number of carboxylic acids is 1. The minimum atomic E-state index is -0.794. The molecule has 3 atom stereocenters. The van der Waals surface area contributed by atoms with Crippen LogP contribution in [0.3, 0.4) is 0 Å². The summed E-state index contributed by atoms with van der Waals surface area (Å²) in [6, 6.07) is -0.914. The van der Waals surface area contributed by atoms with Crippen LogP contribution in [0.4, 0.5) is 4.79 Å². The summed E-state index contributed by atoms with van der Waals surface area (Å²) in [5.74, 6) is -0.147. The molecule has 1 heterocycles. The van der Waals surface area contributed by atoms with Crippen LogP contribution in [-0.2, 0) is 4.79 Å². The Morgan fingerprint density at radius 2 is 2.12 bits per heavy atom. The van der Waals surface area contributed by atoms with E-state index < -0.39 is 18.1 Å². The number of urea groups is 1. The van der Waals surface area contributed by atoms with Crippen molar-refractivity contribution < 1.29 is 19.8 Å². The quantitative estimate of drug-likeness (QED) is 0.509. The molecule has 0 radical (unpaired) electrons. The maximum atomic E-state index is 10.7. The highest BCUT2D eigenvalue weighted by molar-refractivity contribution is 8.00. The number of amides is 2. The van der Waals surface area contributed by atoms with Gasteiger partial charge in [0.2, 0.25) is 0 Å². The number of aliphatic hydroxyl groups excluding tert-OH is 1. The van der Waals surface area contributed by atoms with Crippen LogP contribution in [0.1, 0.15) is 25.7 Å². The fourth-order valence-electron chi connectivity index (χ4n) is 1.87. The van der Waals surface area contributed by atoms with Gasteiger partial charge in [-0.3, -0.25) is 4.79 Å². The monoisotopic (exact) mass is 262 g/mol. The third-order valence-electron chi connectivity index (χ3n) is 2.74. The lowest BCUT2D eigenvalue weighted by Gasteiger charge is -2.18. The standard InChI is InChI=1S/C10H18N2O4S/c11-10(16)12-6-5-17-7(9(6)15)3-1-2-4-8(13)14/h6-7,9,15H,1-5H2,(H,13,14)(H3,11,12,16)/t6-,7+,9-/m1/s1. The molecular weight excluding hydrogens is 244 g/mol. The zero-order chi connectivity index (χ0) is 12.8. The van der Waals surface area contributed by atoms with Gasteiger partial charge in [0.1, 0.15) is 0 Å². The van der Waals surface area contributed by atoms with Crippen molar-refractivity contribution in [3.63, 3.8) is 0 Å². The van der Waals surface area contributed by atoms with Crippen LogP contribution in [-0.4, -0.2) is 45.4 Å². The van der Waals surface area contributed by atoms with E-state index in [1.165, 1.54) is 0 Å². The van der Waals surface area contributed by atoms with Crippen molar-refractivity contribution >= 4 is 23.8 Å². The second kappa shape index (κ2) is 6.70. The van der Waals surface area contributed by atoms with Crippen LogP contribution in [0, 0.1) is 0 Å². The molecule has 2 amide bonds. The van der Waals surface area contributed by atoms with Gasteiger partial charge in [0.15, 0.2) is 0 Å². The number of hydrogen-bond acceptors (Lipinski definition) is 4. The van der Waals surface area contributed by atoms with Crippen molar-refractivity contribution in [1.82, 2.24) is 5.32 Å². The molecule has 0 saturated carbocycles. The second-order valence-electron chi connectivity index (χ2n) is 4.12. The maximum absolute atomic E-state index is 10.7. The number of thioether (sulfide) groups is 1. The number of aliphatic hydroxyl groups is 1. The Balaban J connectivity index is 2.22. The number of nitrogens with two attached hydrogens (primary N) is 1. The van der Waals surface area contributed by atoms with Crippen molar-refractivity contribution in [1.29, 1.82) is 0 Å². The normalized spacial score (nSPS) is 27.9. The first-order valence-electron chi connectivity index (χ1n) is 5.58. The molecule has 5 N–H and O–H groups in total. The minimum absolute atomic E-state index is 0.0562. The number of carbonyl (C=O) groups is 2. The van der Waals surface area contributed by atoms with Gasteiger partial charge in [-0.2, -0.15) is 11.8 Å². The summed E-state index contributed by atoms with van der Waals surface area (Å²) in [5.41, 5.74) is 5.00. The lowest BCUT2D eigenvalue weighted by molar-refractivity contribution is -0.137. The van der Waals surface area contributed by atoms with Crippen LogP contribution in [0.5, 0.6) is 0 Å². The summed E-state index contributed by atoms with van der Waals surface area (Å²) in [4.78, 5) is 21.0. The molecule has 0 unspecified atom stereocenters. The molecule has 1 fully saturated rings.